The number of nitrogens with one attached hydrogen (secondary N) is 1. The van der Waals surface area contributed by atoms with Gasteiger partial charge in [-0.3, -0.25) is 9.59 Å². The average Bonchev–Trinajstić information content (AvgIpc) is 3.59. The van der Waals surface area contributed by atoms with Gasteiger partial charge in [0.15, 0.2) is 18.1 Å². The van der Waals surface area contributed by atoms with Crippen LogP contribution in [0.3, 0.4) is 0 Å². The Morgan fingerprint density at radius 2 is 1.56 bits per heavy atom. The van der Waals surface area contributed by atoms with Crippen molar-refractivity contribution in [2.45, 2.75) is 24.0 Å². The summed E-state index contributed by atoms with van der Waals surface area (Å²) in [6.45, 7) is 1.28. The summed E-state index contributed by atoms with van der Waals surface area (Å²) in [7, 11) is -3.69. The van der Waals surface area contributed by atoms with Gasteiger partial charge in [-0.2, -0.15) is 4.31 Å². The van der Waals surface area contributed by atoms with Crippen LogP contribution in [0.5, 0.6) is 17.2 Å². The minimum atomic E-state index is -3.69. The predicted octanol–water partition coefficient (Wildman–Crippen LogP) is 4.55. The minimum absolute atomic E-state index is 0.0904. The molecular formula is C35H34ClN3O8S. The number of carbonyl (C=O) groups is 2. The van der Waals surface area contributed by atoms with E-state index in [1.165, 1.54) is 33.5 Å². The Hall–Kier alpha value is -4.62. The molecule has 1 atom stereocenters. The summed E-state index contributed by atoms with van der Waals surface area (Å²) in [5, 5.41) is 3.52. The lowest BCUT2D eigenvalue weighted by Crippen LogP contribution is -2.45. The molecule has 1 saturated heterocycles. The first kappa shape index (κ1) is 33.3. The molecule has 2 aliphatic rings. The van der Waals surface area contributed by atoms with E-state index in [0.29, 0.717) is 41.0 Å². The largest absolute Gasteiger partial charge is 0.484 e. The molecule has 0 spiro atoms. The van der Waals surface area contributed by atoms with Gasteiger partial charge in [0.05, 0.1) is 18.1 Å². The molecule has 0 aliphatic carbocycles. The Bertz CT molecular complexity index is 1830. The van der Waals surface area contributed by atoms with Crippen molar-refractivity contribution in [3.63, 3.8) is 0 Å². The van der Waals surface area contributed by atoms with Crippen LogP contribution in [0.15, 0.2) is 102 Å². The molecule has 0 aromatic heterocycles. The number of rotatable bonds is 12. The summed E-state index contributed by atoms with van der Waals surface area (Å²) in [4.78, 5) is 29.6. The van der Waals surface area contributed by atoms with Gasteiger partial charge in [-0.05, 0) is 65.2 Å². The second kappa shape index (κ2) is 15.1. The number of amides is 2. The van der Waals surface area contributed by atoms with Crippen LogP contribution in [-0.4, -0.2) is 69.1 Å². The smallest absolute Gasteiger partial charge is 0.261 e. The third-order valence-corrected chi connectivity index (χ3v) is 10.1. The zero-order valence-corrected chi connectivity index (χ0v) is 27.5. The van der Waals surface area contributed by atoms with Crippen molar-refractivity contribution >= 4 is 33.4 Å². The number of carbonyl (C=O) groups excluding carboxylic acids is 2. The van der Waals surface area contributed by atoms with Gasteiger partial charge in [-0.1, -0.05) is 60.1 Å². The summed E-state index contributed by atoms with van der Waals surface area (Å²) >= 11 is 6.13. The molecular weight excluding hydrogens is 658 g/mol. The van der Waals surface area contributed by atoms with Crippen LogP contribution in [0, 0.1) is 0 Å². The van der Waals surface area contributed by atoms with Crippen molar-refractivity contribution in [1.29, 1.82) is 0 Å². The lowest BCUT2D eigenvalue weighted by molar-refractivity contribution is -0.143. The van der Waals surface area contributed by atoms with E-state index in [0.717, 1.165) is 11.1 Å². The van der Waals surface area contributed by atoms with Gasteiger partial charge in [-0.15, -0.1) is 0 Å². The number of hydrogen-bond donors (Lipinski definition) is 1. The first-order valence-electron chi connectivity index (χ1n) is 15.3. The van der Waals surface area contributed by atoms with Crippen molar-refractivity contribution in [2.75, 3.05) is 39.7 Å². The monoisotopic (exact) mass is 691 g/mol. The van der Waals surface area contributed by atoms with Gasteiger partial charge in [0.25, 0.3) is 5.91 Å². The molecule has 2 aliphatic heterocycles. The van der Waals surface area contributed by atoms with E-state index in [-0.39, 0.29) is 43.8 Å². The lowest BCUT2D eigenvalue weighted by atomic mass is 10.0. The summed E-state index contributed by atoms with van der Waals surface area (Å²) in [5.74, 6) is 0.699. The Morgan fingerprint density at radius 1 is 0.875 bits per heavy atom. The van der Waals surface area contributed by atoms with E-state index in [2.05, 4.69) is 5.32 Å². The molecule has 2 heterocycles. The minimum Gasteiger partial charge on any atom is -0.484 e. The Balaban J connectivity index is 1.21. The van der Waals surface area contributed by atoms with Crippen molar-refractivity contribution in [3.05, 3.63) is 119 Å². The number of halogens is 1. The maximum atomic E-state index is 14.0. The maximum absolute atomic E-state index is 14.0. The molecule has 2 amide bonds. The molecule has 1 N–H and O–H groups in total. The highest BCUT2D eigenvalue weighted by Gasteiger charge is 2.32. The van der Waals surface area contributed by atoms with E-state index in [1.807, 2.05) is 18.2 Å². The maximum Gasteiger partial charge on any atom is 0.261 e. The third-order valence-electron chi connectivity index (χ3n) is 7.96. The quantitative estimate of drug-likeness (QED) is 0.230. The predicted molar refractivity (Wildman–Crippen MR) is 177 cm³/mol. The Morgan fingerprint density at radius 3 is 2.29 bits per heavy atom. The molecule has 48 heavy (non-hydrogen) atoms. The normalized spacial score (nSPS) is 15.0. The summed E-state index contributed by atoms with van der Waals surface area (Å²) in [6, 6.07) is 26.4. The van der Waals surface area contributed by atoms with E-state index >= 15 is 0 Å². The van der Waals surface area contributed by atoms with Gasteiger partial charge in [-0.25, -0.2) is 8.42 Å². The first-order valence-corrected chi connectivity index (χ1v) is 17.2. The number of nitrogens with zero attached hydrogens (tertiary/aromatic N) is 2. The van der Waals surface area contributed by atoms with E-state index < -0.39 is 28.6 Å². The molecule has 0 radical (unpaired) electrons. The Labute approximate surface area is 284 Å². The van der Waals surface area contributed by atoms with Crippen LogP contribution in [0.1, 0.15) is 22.7 Å². The molecule has 0 bridgehead atoms. The van der Waals surface area contributed by atoms with Crippen molar-refractivity contribution in [2.24, 2.45) is 0 Å². The fourth-order valence-corrected chi connectivity index (χ4v) is 6.96. The number of ether oxygens (including phenoxy) is 4. The average molecular weight is 692 g/mol. The molecule has 4 aromatic rings. The summed E-state index contributed by atoms with van der Waals surface area (Å²) < 4.78 is 49.4. The van der Waals surface area contributed by atoms with Gasteiger partial charge in [0.2, 0.25) is 22.7 Å². The molecule has 11 nitrogen and oxygen atoms in total. The second-order valence-corrected chi connectivity index (χ2v) is 13.5. The van der Waals surface area contributed by atoms with E-state index in [9.17, 15) is 18.0 Å². The topological polar surface area (TPSA) is 124 Å². The van der Waals surface area contributed by atoms with E-state index in [4.69, 9.17) is 30.5 Å². The SMILES string of the molecule is O=C(NCc1ccc2c(c1)OCO2)[C@@H](c1ccccc1)N(Cc1ccc(Cl)cc1)C(=O)COc1ccc(S(=O)(=O)N2CCOCC2)cc1. The molecule has 250 valence electrons. The first-order chi connectivity index (χ1) is 23.3. The van der Waals surface area contributed by atoms with Crippen LogP contribution >= 0.6 is 11.6 Å². The second-order valence-electron chi connectivity index (χ2n) is 11.1. The number of morpholine rings is 1. The van der Waals surface area contributed by atoms with Crippen molar-refractivity contribution in [1.82, 2.24) is 14.5 Å². The van der Waals surface area contributed by atoms with Gasteiger partial charge in [0, 0.05) is 31.2 Å². The zero-order valence-electron chi connectivity index (χ0n) is 25.9. The third kappa shape index (κ3) is 7.91. The van der Waals surface area contributed by atoms with Crippen LogP contribution < -0.4 is 19.5 Å². The summed E-state index contributed by atoms with van der Waals surface area (Å²) in [5.41, 5.74) is 2.17. The fraction of sp³-hybridized carbons (Fsp3) is 0.257. The van der Waals surface area contributed by atoms with Crippen LogP contribution in [0.2, 0.25) is 5.02 Å². The van der Waals surface area contributed by atoms with Crippen LogP contribution in [0.25, 0.3) is 0 Å². The Kier molecular flexibility index (Phi) is 10.5. The van der Waals surface area contributed by atoms with Gasteiger partial charge in [0.1, 0.15) is 11.8 Å². The summed E-state index contributed by atoms with van der Waals surface area (Å²) in [6.07, 6.45) is 0. The lowest BCUT2D eigenvalue weighted by Gasteiger charge is -2.31. The van der Waals surface area contributed by atoms with Crippen molar-refractivity contribution < 1.29 is 37.0 Å². The highest BCUT2D eigenvalue weighted by atomic mass is 35.5. The molecule has 0 saturated carbocycles. The standard InChI is InChI=1S/C35H34ClN3O8S/c36-28-9-6-25(7-10-28)22-39(33(40)23-45-29-11-13-30(14-12-29)48(42,43)38-16-18-44-19-17-38)34(27-4-2-1-3-5-27)35(41)37-21-26-8-15-31-32(20-26)47-24-46-31/h1-15,20,34H,16-19,21-24H2,(H,37,41)/t34-/m1/s1. The highest BCUT2D eigenvalue weighted by molar-refractivity contribution is 7.89. The number of benzene rings is 4. The number of sulfonamides is 1. The van der Waals surface area contributed by atoms with E-state index in [1.54, 1.807) is 54.6 Å². The highest BCUT2D eigenvalue weighted by Crippen LogP contribution is 2.33. The van der Waals surface area contributed by atoms with Crippen LogP contribution in [-0.2, 0) is 37.4 Å². The number of fused-ring (bicyclic) bond motifs is 1. The van der Waals surface area contributed by atoms with Crippen LogP contribution in [0.4, 0.5) is 0 Å². The zero-order chi connectivity index (χ0) is 33.5. The number of hydrogen-bond acceptors (Lipinski definition) is 8. The fourth-order valence-electron chi connectivity index (χ4n) is 5.43. The van der Waals surface area contributed by atoms with Crippen molar-refractivity contribution in [3.8, 4) is 17.2 Å². The molecule has 0 unspecified atom stereocenters. The molecule has 13 heteroatoms. The van der Waals surface area contributed by atoms with Gasteiger partial charge < -0.3 is 29.2 Å². The molecule has 4 aromatic carbocycles. The molecule has 6 rings (SSSR count). The van der Waals surface area contributed by atoms with Gasteiger partial charge >= 0.3 is 0 Å². The molecule has 1 fully saturated rings.